The first-order valence-corrected chi connectivity index (χ1v) is 9.67. The van der Waals surface area contributed by atoms with E-state index in [1.54, 1.807) is 19.1 Å². The molecule has 0 bridgehead atoms. The summed E-state index contributed by atoms with van der Waals surface area (Å²) in [5.41, 5.74) is 0. The summed E-state index contributed by atoms with van der Waals surface area (Å²) >= 11 is 2.39. The Labute approximate surface area is 158 Å². The summed E-state index contributed by atoms with van der Waals surface area (Å²) in [6.07, 6.45) is 0.714. The summed E-state index contributed by atoms with van der Waals surface area (Å²) in [6, 6.07) is 5.84. The maximum Gasteiger partial charge on any atom is 0.316 e. The second-order valence-electron chi connectivity index (χ2n) is 4.92. The Morgan fingerprint density at radius 1 is 1.35 bits per heavy atom. The van der Waals surface area contributed by atoms with E-state index in [4.69, 9.17) is 9.47 Å². The van der Waals surface area contributed by atoms with Crippen LogP contribution >= 0.6 is 23.1 Å². The second kappa shape index (κ2) is 10.7. The molecule has 10 heteroatoms. The molecule has 0 atom stereocenters. The number of hydrogen-bond acceptors (Lipinski definition) is 8. The van der Waals surface area contributed by atoms with Crippen LogP contribution in [0.25, 0.3) is 0 Å². The van der Waals surface area contributed by atoms with Crippen molar-refractivity contribution in [3.63, 3.8) is 0 Å². The average Bonchev–Trinajstić information content (AvgIpc) is 3.05. The van der Waals surface area contributed by atoms with Gasteiger partial charge in [0.05, 0.1) is 19.0 Å². The number of benzene rings is 1. The molecule has 0 aliphatic rings. The molecular weight excluding hydrogens is 381 g/mol. The monoisotopic (exact) mass is 399 g/mol. The number of carbonyl (C=O) groups is 2. The number of rotatable bonds is 10. The van der Waals surface area contributed by atoms with Crippen molar-refractivity contribution in [3.8, 4) is 5.75 Å². The van der Waals surface area contributed by atoms with Crippen LogP contribution in [0.5, 0.6) is 5.75 Å². The van der Waals surface area contributed by atoms with Crippen molar-refractivity contribution in [1.82, 2.24) is 10.2 Å². The van der Waals surface area contributed by atoms with Crippen LogP contribution < -0.4 is 10.1 Å². The average molecular weight is 399 g/mol. The summed E-state index contributed by atoms with van der Waals surface area (Å²) in [4.78, 5) is 23.1. The van der Waals surface area contributed by atoms with Gasteiger partial charge in [-0.2, -0.15) is 0 Å². The van der Waals surface area contributed by atoms with Crippen molar-refractivity contribution >= 4 is 40.1 Å². The predicted octanol–water partition coefficient (Wildman–Crippen LogP) is 3.13. The van der Waals surface area contributed by atoms with E-state index in [0.717, 1.165) is 0 Å². The third-order valence-corrected chi connectivity index (χ3v) is 4.83. The molecule has 1 heterocycles. The molecule has 2 rings (SSSR count). The highest BCUT2D eigenvalue weighted by Gasteiger charge is 2.11. The van der Waals surface area contributed by atoms with Crippen molar-refractivity contribution in [2.24, 2.45) is 0 Å². The Morgan fingerprint density at radius 2 is 2.19 bits per heavy atom. The molecule has 0 aliphatic carbocycles. The Kier molecular flexibility index (Phi) is 8.29. The Hall–Kier alpha value is -2.20. The van der Waals surface area contributed by atoms with Gasteiger partial charge in [-0.25, -0.2) is 4.39 Å². The molecule has 1 aromatic heterocycles. The number of thioether (sulfide) groups is 1. The second-order valence-corrected chi connectivity index (χ2v) is 7.12. The van der Waals surface area contributed by atoms with E-state index >= 15 is 0 Å². The van der Waals surface area contributed by atoms with Crippen LogP contribution in [0.1, 0.15) is 19.8 Å². The zero-order chi connectivity index (χ0) is 18.8. The molecule has 1 aromatic carbocycles. The first-order valence-electron chi connectivity index (χ1n) is 7.87. The van der Waals surface area contributed by atoms with Crippen molar-refractivity contribution in [2.75, 3.05) is 24.3 Å². The number of amides is 1. The maximum absolute atomic E-state index is 13.0. The minimum absolute atomic E-state index is 0.147. The van der Waals surface area contributed by atoms with Gasteiger partial charge in [-0.3, -0.25) is 9.59 Å². The fourth-order valence-electron chi connectivity index (χ4n) is 1.80. The first kappa shape index (κ1) is 20.1. The Morgan fingerprint density at radius 3 is 2.96 bits per heavy atom. The molecule has 26 heavy (non-hydrogen) atoms. The Balaban J connectivity index is 1.65. The number of esters is 1. The summed E-state index contributed by atoms with van der Waals surface area (Å²) in [5, 5.41) is 10.8. The summed E-state index contributed by atoms with van der Waals surface area (Å²) < 4.78 is 23.8. The van der Waals surface area contributed by atoms with Crippen LogP contribution in [0.15, 0.2) is 28.6 Å². The van der Waals surface area contributed by atoms with Gasteiger partial charge < -0.3 is 14.8 Å². The van der Waals surface area contributed by atoms with Gasteiger partial charge in [0, 0.05) is 12.5 Å². The molecule has 7 nitrogen and oxygen atoms in total. The SMILES string of the molecule is CCOC(=O)CSc1nnc(NC(=O)CCCOc2cccc(F)c2)s1. The van der Waals surface area contributed by atoms with Gasteiger partial charge in [0.15, 0.2) is 4.34 Å². The highest BCUT2D eigenvalue weighted by atomic mass is 32.2. The van der Waals surface area contributed by atoms with E-state index in [9.17, 15) is 14.0 Å². The number of nitrogens with zero attached hydrogens (tertiary/aromatic N) is 2. The molecular formula is C16H18FN3O4S2. The largest absolute Gasteiger partial charge is 0.493 e. The molecule has 0 radical (unpaired) electrons. The fourth-order valence-corrected chi connectivity index (χ4v) is 3.37. The van der Waals surface area contributed by atoms with Crippen LogP contribution in [-0.2, 0) is 14.3 Å². The third kappa shape index (κ3) is 7.36. The van der Waals surface area contributed by atoms with Gasteiger partial charge in [0.1, 0.15) is 11.6 Å². The number of ether oxygens (including phenoxy) is 2. The van der Waals surface area contributed by atoms with Crippen molar-refractivity contribution in [1.29, 1.82) is 0 Å². The van der Waals surface area contributed by atoms with Crippen LogP contribution in [0.2, 0.25) is 0 Å². The zero-order valence-corrected chi connectivity index (χ0v) is 15.7. The highest BCUT2D eigenvalue weighted by molar-refractivity contribution is 8.01. The van der Waals surface area contributed by atoms with Crippen LogP contribution in [0.4, 0.5) is 9.52 Å². The predicted molar refractivity (Wildman–Crippen MR) is 97.0 cm³/mol. The molecule has 0 aliphatic heterocycles. The molecule has 140 valence electrons. The van der Waals surface area contributed by atoms with E-state index in [1.807, 2.05) is 0 Å². The van der Waals surface area contributed by atoms with Crippen LogP contribution in [-0.4, -0.2) is 41.0 Å². The Bertz CT molecular complexity index is 742. The minimum atomic E-state index is -0.367. The molecule has 2 aromatic rings. The quantitative estimate of drug-likeness (QED) is 0.284. The van der Waals surface area contributed by atoms with Gasteiger partial charge in [-0.1, -0.05) is 29.2 Å². The lowest BCUT2D eigenvalue weighted by Crippen LogP contribution is -2.12. The van der Waals surface area contributed by atoms with Gasteiger partial charge >= 0.3 is 5.97 Å². The van der Waals surface area contributed by atoms with Gasteiger partial charge in [0.2, 0.25) is 11.0 Å². The molecule has 1 N–H and O–H groups in total. The van der Waals surface area contributed by atoms with Crippen molar-refractivity contribution in [2.45, 2.75) is 24.1 Å². The van der Waals surface area contributed by atoms with Gasteiger partial charge in [-0.15, -0.1) is 10.2 Å². The van der Waals surface area contributed by atoms with Crippen molar-refractivity contribution in [3.05, 3.63) is 30.1 Å². The molecule has 0 saturated carbocycles. The molecule has 0 unspecified atom stereocenters. The highest BCUT2D eigenvalue weighted by Crippen LogP contribution is 2.25. The number of aromatic nitrogens is 2. The fraction of sp³-hybridized carbons (Fsp3) is 0.375. The van der Waals surface area contributed by atoms with Crippen molar-refractivity contribution < 1.29 is 23.5 Å². The number of carbonyl (C=O) groups excluding carboxylic acids is 2. The summed E-state index contributed by atoms with van der Waals surface area (Å²) in [5.74, 6) is -0.332. The number of anilines is 1. The number of hydrogen-bond donors (Lipinski definition) is 1. The topological polar surface area (TPSA) is 90.4 Å². The lowest BCUT2D eigenvalue weighted by atomic mass is 10.3. The zero-order valence-electron chi connectivity index (χ0n) is 14.1. The normalized spacial score (nSPS) is 10.4. The molecule has 0 fully saturated rings. The third-order valence-electron chi connectivity index (χ3n) is 2.88. The number of nitrogens with one attached hydrogen (secondary N) is 1. The van der Waals surface area contributed by atoms with E-state index in [-0.39, 0.29) is 29.9 Å². The van der Waals surface area contributed by atoms with E-state index in [1.165, 1.54) is 35.2 Å². The first-order chi connectivity index (χ1) is 12.6. The minimum Gasteiger partial charge on any atom is -0.493 e. The molecule has 1 amide bonds. The van der Waals surface area contributed by atoms with Gasteiger partial charge in [0.25, 0.3) is 0 Å². The maximum atomic E-state index is 13.0. The molecule has 0 saturated heterocycles. The molecule has 0 spiro atoms. The lowest BCUT2D eigenvalue weighted by molar-refractivity contribution is -0.139. The van der Waals surface area contributed by atoms with Crippen LogP contribution in [0, 0.1) is 5.82 Å². The standard InChI is InChI=1S/C16H18FN3O4S2/c1-2-23-14(22)10-25-16-20-19-15(26-16)18-13(21)7-4-8-24-12-6-3-5-11(17)9-12/h3,5-6,9H,2,4,7-8,10H2,1H3,(H,18,19,21). The summed E-state index contributed by atoms with van der Waals surface area (Å²) in [7, 11) is 0. The van der Waals surface area contributed by atoms with E-state index in [0.29, 0.717) is 34.9 Å². The van der Waals surface area contributed by atoms with Gasteiger partial charge in [-0.05, 0) is 25.5 Å². The summed E-state index contributed by atoms with van der Waals surface area (Å²) in [6.45, 7) is 2.37. The van der Waals surface area contributed by atoms with E-state index in [2.05, 4.69) is 15.5 Å². The van der Waals surface area contributed by atoms with Crippen LogP contribution in [0.3, 0.4) is 0 Å². The van der Waals surface area contributed by atoms with E-state index < -0.39 is 0 Å². The smallest absolute Gasteiger partial charge is 0.316 e. The lowest BCUT2D eigenvalue weighted by Gasteiger charge is -2.05. The number of halogens is 1.